The number of nitrogen functional groups attached to an aromatic ring is 1. The fourth-order valence-corrected chi connectivity index (χ4v) is 1.06. The highest BCUT2D eigenvalue weighted by Gasteiger charge is 2.20. The molecule has 0 aliphatic heterocycles. The molecule has 15 heavy (non-hydrogen) atoms. The van der Waals surface area contributed by atoms with Gasteiger partial charge in [0.25, 0.3) is 0 Å². The van der Waals surface area contributed by atoms with Crippen molar-refractivity contribution >= 4 is 23.5 Å². The molecule has 1 aromatic rings. The van der Waals surface area contributed by atoms with Gasteiger partial charge in [0, 0.05) is 6.20 Å². The monoisotopic (exact) mass is 229 g/mol. The van der Waals surface area contributed by atoms with Gasteiger partial charge in [-0.05, 0) is 20.8 Å². The van der Waals surface area contributed by atoms with Crippen molar-refractivity contribution in [3.63, 3.8) is 0 Å². The van der Waals surface area contributed by atoms with Crippen LogP contribution < -0.4 is 5.73 Å². The summed E-state index contributed by atoms with van der Waals surface area (Å²) in [6.07, 6.45) is 1.25. The summed E-state index contributed by atoms with van der Waals surface area (Å²) in [5, 5.41) is -0.00301. The molecule has 0 aromatic carbocycles. The first-order valence-electron chi connectivity index (χ1n) is 4.31. The van der Waals surface area contributed by atoms with Crippen LogP contribution in [0.2, 0.25) is 5.15 Å². The Hall–Kier alpha value is -1.36. The van der Waals surface area contributed by atoms with Crippen LogP contribution in [0.5, 0.6) is 0 Å². The van der Waals surface area contributed by atoms with Gasteiger partial charge in [0.1, 0.15) is 16.3 Å². The predicted molar refractivity (Wildman–Crippen MR) is 56.6 cm³/mol. The van der Waals surface area contributed by atoms with Crippen LogP contribution in [0.4, 0.5) is 5.95 Å². The molecule has 0 radical (unpaired) electrons. The highest BCUT2D eigenvalue weighted by Crippen LogP contribution is 2.17. The number of ether oxygens (including phenoxy) is 1. The molecule has 0 saturated heterocycles. The van der Waals surface area contributed by atoms with E-state index in [1.165, 1.54) is 6.20 Å². The van der Waals surface area contributed by atoms with Crippen molar-refractivity contribution in [2.45, 2.75) is 26.4 Å². The van der Waals surface area contributed by atoms with Crippen molar-refractivity contribution in [2.24, 2.45) is 0 Å². The lowest BCUT2D eigenvalue weighted by atomic mass is 10.2. The standard InChI is InChI=1S/C9H12ClN3O2/c1-9(2,3)15-7(14)5-4-12-8(11)13-6(5)10/h4H,1-3H3,(H2,11,12,13). The fraction of sp³-hybridized carbons (Fsp3) is 0.444. The maximum atomic E-state index is 11.6. The second-order valence-electron chi connectivity index (χ2n) is 3.93. The van der Waals surface area contributed by atoms with E-state index >= 15 is 0 Å². The average molecular weight is 230 g/mol. The highest BCUT2D eigenvalue weighted by molar-refractivity contribution is 6.32. The van der Waals surface area contributed by atoms with Gasteiger partial charge in [-0.15, -0.1) is 0 Å². The summed E-state index contributed by atoms with van der Waals surface area (Å²) in [6.45, 7) is 5.28. The minimum atomic E-state index is -0.582. The van der Waals surface area contributed by atoms with Crippen LogP contribution in [0.3, 0.4) is 0 Å². The van der Waals surface area contributed by atoms with E-state index in [1.807, 2.05) is 0 Å². The minimum absolute atomic E-state index is 0.00301. The molecule has 0 aliphatic carbocycles. The Labute approximate surface area is 92.6 Å². The van der Waals surface area contributed by atoms with Crippen molar-refractivity contribution in [3.05, 3.63) is 16.9 Å². The molecule has 6 heteroatoms. The normalized spacial score (nSPS) is 11.2. The number of rotatable bonds is 1. The van der Waals surface area contributed by atoms with E-state index in [9.17, 15) is 4.79 Å². The van der Waals surface area contributed by atoms with E-state index in [0.29, 0.717) is 0 Å². The molecule has 82 valence electrons. The van der Waals surface area contributed by atoms with E-state index in [2.05, 4.69) is 9.97 Å². The quantitative estimate of drug-likeness (QED) is 0.585. The number of halogens is 1. The smallest absolute Gasteiger partial charge is 0.343 e. The Morgan fingerprint density at radius 3 is 2.60 bits per heavy atom. The fourth-order valence-electron chi connectivity index (χ4n) is 0.844. The van der Waals surface area contributed by atoms with Gasteiger partial charge in [-0.1, -0.05) is 11.6 Å². The highest BCUT2D eigenvalue weighted by atomic mass is 35.5. The lowest BCUT2D eigenvalue weighted by Crippen LogP contribution is -2.24. The number of carbonyl (C=O) groups excluding carboxylic acids is 1. The van der Waals surface area contributed by atoms with Crippen molar-refractivity contribution < 1.29 is 9.53 Å². The predicted octanol–water partition coefficient (Wildman–Crippen LogP) is 1.67. The van der Waals surface area contributed by atoms with Crippen LogP contribution in [-0.2, 0) is 4.74 Å². The summed E-state index contributed by atoms with van der Waals surface area (Å²) in [6, 6.07) is 0. The number of carbonyl (C=O) groups is 1. The van der Waals surface area contributed by atoms with Crippen LogP contribution in [0, 0.1) is 0 Å². The molecule has 1 heterocycles. The maximum absolute atomic E-state index is 11.6. The maximum Gasteiger partial charge on any atom is 0.343 e. The van der Waals surface area contributed by atoms with Gasteiger partial charge in [0.15, 0.2) is 0 Å². The largest absolute Gasteiger partial charge is 0.456 e. The topological polar surface area (TPSA) is 78.1 Å². The third-order valence-corrected chi connectivity index (χ3v) is 1.67. The number of nitrogens with two attached hydrogens (primary N) is 1. The summed E-state index contributed by atoms with van der Waals surface area (Å²) in [7, 11) is 0. The molecule has 0 fully saturated rings. The Balaban J connectivity index is 2.92. The first-order valence-corrected chi connectivity index (χ1v) is 4.69. The number of hydrogen-bond acceptors (Lipinski definition) is 5. The number of hydrogen-bond donors (Lipinski definition) is 1. The van der Waals surface area contributed by atoms with Gasteiger partial charge in [0.2, 0.25) is 5.95 Å². The van der Waals surface area contributed by atoms with Crippen LogP contribution in [0.25, 0.3) is 0 Å². The molecule has 0 aliphatic rings. The molecule has 0 atom stereocenters. The Bertz CT molecular complexity index is 387. The van der Waals surface area contributed by atoms with Crippen molar-refractivity contribution in [2.75, 3.05) is 5.73 Å². The number of anilines is 1. The van der Waals surface area contributed by atoms with Gasteiger partial charge in [0.05, 0.1) is 0 Å². The van der Waals surface area contributed by atoms with Gasteiger partial charge in [-0.25, -0.2) is 14.8 Å². The van der Waals surface area contributed by atoms with Crippen LogP contribution in [0.1, 0.15) is 31.1 Å². The van der Waals surface area contributed by atoms with E-state index in [4.69, 9.17) is 22.1 Å². The molecule has 1 rings (SSSR count). The van der Waals surface area contributed by atoms with Crippen LogP contribution in [0.15, 0.2) is 6.20 Å². The van der Waals surface area contributed by atoms with E-state index in [-0.39, 0.29) is 16.7 Å². The summed E-state index contributed by atoms with van der Waals surface area (Å²) >= 11 is 5.72. The molecule has 2 N–H and O–H groups in total. The molecule has 0 bridgehead atoms. The molecular formula is C9H12ClN3O2. The minimum Gasteiger partial charge on any atom is -0.456 e. The Morgan fingerprint density at radius 2 is 2.13 bits per heavy atom. The number of nitrogens with zero attached hydrogens (tertiary/aromatic N) is 2. The first kappa shape index (κ1) is 11.7. The molecule has 0 saturated carbocycles. The SMILES string of the molecule is CC(C)(C)OC(=O)c1cnc(N)nc1Cl. The Morgan fingerprint density at radius 1 is 1.53 bits per heavy atom. The molecule has 0 spiro atoms. The lowest BCUT2D eigenvalue weighted by molar-refractivity contribution is 0.00689. The summed E-state index contributed by atoms with van der Waals surface area (Å²) < 4.78 is 5.10. The van der Waals surface area contributed by atoms with Crippen molar-refractivity contribution in [1.82, 2.24) is 9.97 Å². The van der Waals surface area contributed by atoms with Crippen molar-refractivity contribution in [3.8, 4) is 0 Å². The molecule has 5 nitrogen and oxygen atoms in total. The van der Waals surface area contributed by atoms with Crippen LogP contribution >= 0.6 is 11.6 Å². The first-order chi connectivity index (χ1) is 6.79. The van der Waals surface area contributed by atoms with E-state index in [0.717, 1.165) is 0 Å². The van der Waals surface area contributed by atoms with Crippen molar-refractivity contribution in [1.29, 1.82) is 0 Å². The molecule has 0 unspecified atom stereocenters. The van der Waals surface area contributed by atoms with E-state index < -0.39 is 11.6 Å². The second-order valence-corrected chi connectivity index (χ2v) is 4.29. The van der Waals surface area contributed by atoms with Gasteiger partial charge in [-0.3, -0.25) is 0 Å². The molecule has 0 amide bonds. The van der Waals surface area contributed by atoms with Gasteiger partial charge in [-0.2, -0.15) is 0 Å². The second kappa shape index (κ2) is 4.02. The zero-order chi connectivity index (χ0) is 11.6. The molecular weight excluding hydrogens is 218 g/mol. The molecule has 1 aromatic heterocycles. The summed E-state index contributed by atoms with van der Waals surface area (Å²) in [5.74, 6) is -0.542. The average Bonchev–Trinajstić information content (AvgIpc) is 1.99. The summed E-state index contributed by atoms with van der Waals surface area (Å²) in [5.41, 5.74) is 4.83. The van der Waals surface area contributed by atoms with Gasteiger partial charge < -0.3 is 10.5 Å². The third-order valence-electron chi connectivity index (χ3n) is 1.38. The lowest BCUT2D eigenvalue weighted by Gasteiger charge is -2.19. The Kier molecular flexibility index (Phi) is 3.14. The van der Waals surface area contributed by atoms with Gasteiger partial charge >= 0.3 is 5.97 Å². The third kappa shape index (κ3) is 3.36. The zero-order valence-corrected chi connectivity index (χ0v) is 9.50. The zero-order valence-electron chi connectivity index (χ0n) is 8.74. The number of aromatic nitrogens is 2. The number of esters is 1. The summed E-state index contributed by atoms with van der Waals surface area (Å²) in [4.78, 5) is 18.9. The van der Waals surface area contributed by atoms with Crippen LogP contribution in [-0.4, -0.2) is 21.5 Å². The van der Waals surface area contributed by atoms with E-state index in [1.54, 1.807) is 20.8 Å².